The van der Waals surface area contributed by atoms with Crippen molar-refractivity contribution in [1.82, 2.24) is 4.98 Å². The Labute approximate surface area is 192 Å². The van der Waals surface area contributed by atoms with E-state index in [9.17, 15) is 4.79 Å². The fourth-order valence-corrected chi connectivity index (χ4v) is 4.83. The van der Waals surface area contributed by atoms with E-state index in [2.05, 4.69) is 12.2 Å². The lowest BCUT2D eigenvalue weighted by Crippen LogP contribution is -2.22. The van der Waals surface area contributed by atoms with Gasteiger partial charge < -0.3 is 10.1 Å². The maximum Gasteiger partial charge on any atom is 0.238 e. The van der Waals surface area contributed by atoms with Gasteiger partial charge >= 0.3 is 0 Å². The Morgan fingerprint density at radius 2 is 1.53 bits per heavy atom. The molecule has 162 valence electrons. The number of carbonyl (C=O) groups is 1. The Kier molecular flexibility index (Phi) is 6.97. The third-order valence-electron chi connectivity index (χ3n) is 5.30. The Morgan fingerprint density at radius 1 is 0.938 bits per heavy atom. The van der Waals surface area contributed by atoms with Crippen LogP contribution in [0.25, 0.3) is 11.3 Å². The number of nitrogens with one attached hydrogen (secondary N) is 1. The number of hydrogen-bond acceptors (Lipinski definition) is 4. The molecule has 0 radical (unpaired) electrons. The molecule has 3 aromatic carbocycles. The molecule has 1 heterocycles. The summed E-state index contributed by atoms with van der Waals surface area (Å²) in [6.07, 6.45) is 1.92. The van der Waals surface area contributed by atoms with E-state index in [1.807, 2.05) is 84.9 Å². The fourth-order valence-electron chi connectivity index (χ4n) is 3.74. The summed E-state index contributed by atoms with van der Waals surface area (Å²) in [5.41, 5.74) is 3.85. The van der Waals surface area contributed by atoms with Crippen molar-refractivity contribution in [3.8, 4) is 17.0 Å². The number of anilines is 1. The van der Waals surface area contributed by atoms with Gasteiger partial charge in [-0.15, -0.1) is 11.3 Å². The summed E-state index contributed by atoms with van der Waals surface area (Å²) in [5.74, 6) is 0.323. The van der Waals surface area contributed by atoms with Crippen LogP contribution in [0.2, 0.25) is 0 Å². The topological polar surface area (TPSA) is 51.2 Å². The third kappa shape index (κ3) is 4.89. The highest BCUT2D eigenvalue weighted by molar-refractivity contribution is 7.16. The van der Waals surface area contributed by atoms with Crippen LogP contribution in [-0.4, -0.2) is 18.0 Å². The zero-order valence-electron chi connectivity index (χ0n) is 18.2. The number of amides is 1. The first kappa shape index (κ1) is 21.8. The monoisotopic (exact) mass is 442 g/mol. The van der Waals surface area contributed by atoms with Crippen LogP contribution in [0.15, 0.2) is 84.9 Å². The average molecular weight is 443 g/mol. The van der Waals surface area contributed by atoms with E-state index >= 15 is 0 Å². The minimum Gasteiger partial charge on any atom is -0.497 e. The lowest BCUT2D eigenvalue weighted by atomic mass is 9.90. The standard InChI is InChI=1S/C27H26N2O2S/c1-3-10-23-25(21-15-17-22(31-2)18-16-21)28-27(32-23)29-26(30)24(19-11-6-4-7-12-19)20-13-8-5-9-14-20/h4-9,11-18,24H,3,10H2,1-2H3,(H,28,29,30). The summed E-state index contributed by atoms with van der Waals surface area (Å²) >= 11 is 1.55. The molecule has 0 saturated heterocycles. The lowest BCUT2D eigenvalue weighted by Gasteiger charge is -2.17. The van der Waals surface area contributed by atoms with Crippen LogP contribution in [0.5, 0.6) is 5.75 Å². The van der Waals surface area contributed by atoms with Crippen molar-refractivity contribution in [3.63, 3.8) is 0 Å². The summed E-state index contributed by atoms with van der Waals surface area (Å²) in [6.45, 7) is 2.15. The lowest BCUT2D eigenvalue weighted by molar-refractivity contribution is -0.116. The number of thiazole rings is 1. The van der Waals surface area contributed by atoms with Crippen molar-refractivity contribution in [1.29, 1.82) is 0 Å². The van der Waals surface area contributed by atoms with Crippen molar-refractivity contribution < 1.29 is 9.53 Å². The van der Waals surface area contributed by atoms with Crippen LogP contribution in [-0.2, 0) is 11.2 Å². The Bertz CT molecular complexity index is 1120. The second kappa shape index (κ2) is 10.2. The molecule has 0 aliphatic heterocycles. The smallest absolute Gasteiger partial charge is 0.238 e. The first-order valence-corrected chi connectivity index (χ1v) is 11.6. The maximum absolute atomic E-state index is 13.5. The van der Waals surface area contributed by atoms with Crippen molar-refractivity contribution in [2.75, 3.05) is 12.4 Å². The highest BCUT2D eigenvalue weighted by Crippen LogP contribution is 2.34. The highest BCUT2D eigenvalue weighted by atomic mass is 32.1. The van der Waals surface area contributed by atoms with Gasteiger partial charge in [0.25, 0.3) is 0 Å². The molecular formula is C27H26N2O2S. The molecular weight excluding hydrogens is 416 g/mol. The number of ether oxygens (including phenoxy) is 1. The molecule has 0 fully saturated rings. The molecule has 0 atom stereocenters. The largest absolute Gasteiger partial charge is 0.497 e. The predicted octanol–water partition coefficient (Wildman–Crippen LogP) is 6.54. The number of nitrogens with zero attached hydrogens (tertiary/aromatic N) is 1. The second-order valence-corrected chi connectivity index (χ2v) is 8.60. The SMILES string of the molecule is CCCc1sc(NC(=O)C(c2ccccc2)c2ccccc2)nc1-c1ccc(OC)cc1. The van der Waals surface area contributed by atoms with E-state index < -0.39 is 5.92 Å². The molecule has 1 N–H and O–H groups in total. The van der Waals surface area contributed by atoms with Gasteiger partial charge in [-0.05, 0) is 41.8 Å². The summed E-state index contributed by atoms with van der Waals surface area (Å²) in [7, 11) is 1.66. The second-order valence-electron chi connectivity index (χ2n) is 7.51. The van der Waals surface area contributed by atoms with E-state index in [4.69, 9.17) is 9.72 Å². The van der Waals surface area contributed by atoms with E-state index in [0.717, 1.165) is 41.0 Å². The van der Waals surface area contributed by atoms with Crippen molar-refractivity contribution in [3.05, 3.63) is 101 Å². The molecule has 0 aliphatic carbocycles. The summed E-state index contributed by atoms with van der Waals surface area (Å²) < 4.78 is 5.28. The summed E-state index contributed by atoms with van der Waals surface area (Å²) in [6, 6.07) is 27.6. The van der Waals surface area contributed by atoms with Crippen LogP contribution in [0, 0.1) is 0 Å². The molecule has 0 spiro atoms. The Balaban J connectivity index is 1.65. The summed E-state index contributed by atoms with van der Waals surface area (Å²) in [4.78, 5) is 19.4. The van der Waals surface area contributed by atoms with Gasteiger partial charge in [0.05, 0.1) is 18.7 Å². The van der Waals surface area contributed by atoms with E-state index in [1.165, 1.54) is 4.88 Å². The number of aromatic nitrogens is 1. The number of rotatable bonds is 8. The normalized spacial score (nSPS) is 10.8. The molecule has 0 bridgehead atoms. The molecule has 5 heteroatoms. The van der Waals surface area contributed by atoms with Gasteiger partial charge in [0.15, 0.2) is 5.13 Å². The highest BCUT2D eigenvalue weighted by Gasteiger charge is 2.24. The predicted molar refractivity (Wildman–Crippen MR) is 131 cm³/mol. The quantitative estimate of drug-likeness (QED) is 0.337. The molecule has 4 aromatic rings. The van der Waals surface area contributed by atoms with Gasteiger partial charge in [-0.25, -0.2) is 4.98 Å². The minimum absolute atomic E-state index is 0.0829. The molecule has 4 nitrogen and oxygen atoms in total. The molecule has 0 saturated carbocycles. The van der Waals surface area contributed by atoms with Crippen LogP contribution >= 0.6 is 11.3 Å². The van der Waals surface area contributed by atoms with Gasteiger partial charge in [-0.2, -0.15) is 0 Å². The first-order valence-electron chi connectivity index (χ1n) is 10.7. The van der Waals surface area contributed by atoms with Gasteiger partial charge in [-0.1, -0.05) is 74.0 Å². The molecule has 0 aliphatic rings. The van der Waals surface area contributed by atoms with E-state index in [0.29, 0.717) is 5.13 Å². The van der Waals surface area contributed by atoms with Gasteiger partial charge in [-0.3, -0.25) is 4.79 Å². The van der Waals surface area contributed by atoms with Crippen LogP contribution in [0.4, 0.5) is 5.13 Å². The Hall–Kier alpha value is -3.44. The van der Waals surface area contributed by atoms with Crippen LogP contribution in [0.3, 0.4) is 0 Å². The van der Waals surface area contributed by atoms with Crippen LogP contribution in [0.1, 0.15) is 35.3 Å². The molecule has 32 heavy (non-hydrogen) atoms. The van der Waals surface area contributed by atoms with Gasteiger partial charge in [0.1, 0.15) is 5.75 Å². The first-order chi connectivity index (χ1) is 15.7. The zero-order valence-corrected chi connectivity index (χ0v) is 19.1. The third-order valence-corrected chi connectivity index (χ3v) is 6.33. The van der Waals surface area contributed by atoms with Crippen molar-refractivity contribution in [2.45, 2.75) is 25.7 Å². The van der Waals surface area contributed by atoms with E-state index in [1.54, 1.807) is 18.4 Å². The zero-order chi connectivity index (χ0) is 22.3. The molecule has 0 unspecified atom stereocenters. The number of benzene rings is 3. The van der Waals surface area contributed by atoms with E-state index in [-0.39, 0.29) is 5.91 Å². The number of methoxy groups -OCH3 is 1. The molecule has 1 amide bonds. The average Bonchev–Trinajstić information content (AvgIpc) is 3.23. The molecule has 4 rings (SSSR count). The maximum atomic E-state index is 13.5. The van der Waals surface area contributed by atoms with Crippen molar-refractivity contribution in [2.24, 2.45) is 0 Å². The number of carbonyl (C=O) groups excluding carboxylic acids is 1. The minimum atomic E-state index is -0.402. The van der Waals surface area contributed by atoms with Gasteiger partial charge in [0.2, 0.25) is 5.91 Å². The number of aryl methyl sites for hydroxylation is 1. The number of hydrogen-bond donors (Lipinski definition) is 1. The van der Waals surface area contributed by atoms with Crippen LogP contribution < -0.4 is 10.1 Å². The fraction of sp³-hybridized carbons (Fsp3) is 0.185. The summed E-state index contributed by atoms with van der Waals surface area (Å²) in [5, 5.41) is 3.72. The Morgan fingerprint density at radius 3 is 2.06 bits per heavy atom. The molecule has 1 aromatic heterocycles. The van der Waals surface area contributed by atoms with Crippen molar-refractivity contribution >= 4 is 22.4 Å². The van der Waals surface area contributed by atoms with Gasteiger partial charge in [0, 0.05) is 10.4 Å².